The molecule has 17 heavy (non-hydrogen) atoms. The Bertz CT molecular complexity index is 314. The maximum Gasteiger partial charge on any atom is 0.107 e. The van der Waals surface area contributed by atoms with Crippen LogP contribution < -0.4 is 5.73 Å². The van der Waals surface area contributed by atoms with Crippen LogP contribution in [0.5, 0.6) is 0 Å². The van der Waals surface area contributed by atoms with E-state index in [0.717, 1.165) is 13.0 Å². The van der Waals surface area contributed by atoms with Gasteiger partial charge in [-0.15, -0.1) is 11.3 Å². The molecule has 0 aliphatic carbocycles. The highest BCUT2D eigenvalue weighted by Crippen LogP contribution is 2.28. The molecule has 1 aromatic rings. The molecule has 2 atom stereocenters. The van der Waals surface area contributed by atoms with Gasteiger partial charge in [0.1, 0.15) is 6.10 Å². The van der Waals surface area contributed by atoms with Gasteiger partial charge in [0.15, 0.2) is 0 Å². The van der Waals surface area contributed by atoms with Crippen LogP contribution in [0, 0.1) is 6.92 Å². The zero-order valence-corrected chi connectivity index (χ0v) is 11.8. The van der Waals surface area contributed by atoms with Crippen molar-refractivity contribution in [2.45, 2.75) is 39.3 Å². The Labute approximate surface area is 108 Å². The minimum atomic E-state index is -0.000781. The van der Waals surface area contributed by atoms with Crippen LogP contribution in [0.4, 0.5) is 0 Å². The average Bonchev–Trinajstić information content (AvgIpc) is 2.75. The summed E-state index contributed by atoms with van der Waals surface area (Å²) in [6.07, 6.45) is 0.912. The van der Waals surface area contributed by atoms with E-state index in [9.17, 15) is 0 Å². The second-order valence-corrected chi connectivity index (χ2v) is 5.33. The van der Waals surface area contributed by atoms with Gasteiger partial charge in [0.05, 0.1) is 13.2 Å². The minimum absolute atomic E-state index is 0.000781. The number of hydrogen-bond donors (Lipinski definition) is 1. The standard InChI is InChI=1S/C13H23NO2S/c1-4-11(14)13(16-9-8-15-5-2)12-7-6-10(3)17-12/h6-7,11,13H,4-5,8-9,14H2,1-3H3. The monoisotopic (exact) mass is 257 g/mol. The second kappa shape index (κ2) is 7.82. The lowest BCUT2D eigenvalue weighted by Gasteiger charge is -2.22. The molecule has 1 aromatic heterocycles. The zero-order valence-electron chi connectivity index (χ0n) is 10.9. The van der Waals surface area contributed by atoms with Gasteiger partial charge >= 0.3 is 0 Å². The SMILES string of the molecule is CCOCCOC(c1ccc(C)s1)C(N)CC. The summed E-state index contributed by atoms with van der Waals surface area (Å²) in [5, 5.41) is 0. The van der Waals surface area contributed by atoms with Crippen LogP contribution in [0.1, 0.15) is 36.1 Å². The number of thiophene rings is 1. The smallest absolute Gasteiger partial charge is 0.107 e. The molecule has 0 fully saturated rings. The summed E-state index contributed by atoms with van der Waals surface area (Å²) < 4.78 is 11.1. The lowest BCUT2D eigenvalue weighted by Crippen LogP contribution is -2.29. The van der Waals surface area contributed by atoms with Crippen molar-refractivity contribution in [2.24, 2.45) is 5.73 Å². The van der Waals surface area contributed by atoms with Gasteiger partial charge in [-0.2, -0.15) is 0 Å². The predicted molar refractivity (Wildman–Crippen MR) is 72.5 cm³/mol. The van der Waals surface area contributed by atoms with Crippen LogP contribution in [0.3, 0.4) is 0 Å². The van der Waals surface area contributed by atoms with Crippen molar-refractivity contribution in [3.05, 3.63) is 21.9 Å². The first-order chi connectivity index (χ1) is 8.19. The molecule has 3 nitrogen and oxygen atoms in total. The fourth-order valence-corrected chi connectivity index (χ4v) is 2.62. The van der Waals surface area contributed by atoms with E-state index < -0.39 is 0 Å². The number of hydrogen-bond acceptors (Lipinski definition) is 4. The molecule has 2 N–H and O–H groups in total. The zero-order chi connectivity index (χ0) is 12.7. The Morgan fingerprint density at radius 2 is 2.06 bits per heavy atom. The largest absolute Gasteiger partial charge is 0.379 e. The molecule has 0 aromatic carbocycles. The number of ether oxygens (including phenoxy) is 2. The molecule has 0 saturated heterocycles. The number of nitrogens with two attached hydrogens (primary N) is 1. The molecule has 0 aliphatic rings. The maximum atomic E-state index is 6.11. The Morgan fingerprint density at radius 3 is 2.59 bits per heavy atom. The molecule has 0 amide bonds. The lowest BCUT2D eigenvalue weighted by molar-refractivity contribution is -0.00385. The Kier molecular flexibility index (Phi) is 6.73. The van der Waals surface area contributed by atoms with Crippen LogP contribution in [0.15, 0.2) is 12.1 Å². The summed E-state index contributed by atoms with van der Waals surface area (Å²) in [6, 6.07) is 4.27. The van der Waals surface area contributed by atoms with E-state index in [-0.39, 0.29) is 12.1 Å². The quantitative estimate of drug-likeness (QED) is 0.728. The van der Waals surface area contributed by atoms with Crippen LogP contribution in [-0.2, 0) is 9.47 Å². The van der Waals surface area contributed by atoms with Gasteiger partial charge in [-0.1, -0.05) is 6.92 Å². The highest BCUT2D eigenvalue weighted by atomic mass is 32.1. The predicted octanol–water partition coefficient (Wildman–Crippen LogP) is 2.89. The third-order valence-corrected chi connectivity index (χ3v) is 3.69. The van der Waals surface area contributed by atoms with Gasteiger partial charge in [-0.05, 0) is 32.4 Å². The number of aryl methyl sites for hydroxylation is 1. The summed E-state index contributed by atoms with van der Waals surface area (Å²) in [4.78, 5) is 2.51. The molecular formula is C13H23NO2S. The first-order valence-corrected chi connectivity index (χ1v) is 7.01. The summed E-state index contributed by atoms with van der Waals surface area (Å²) in [5.74, 6) is 0. The first-order valence-electron chi connectivity index (χ1n) is 6.20. The molecule has 1 heterocycles. The van der Waals surface area contributed by atoms with Crippen molar-refractivity contribution in [1.82, 2.24) is 0 Å². The van der Waals surface area contributed by atoms with Crippen molar-refractivity contribution in [3.63, 3.8) is 0 Å². The van der Waals surface area contributed by atoms with Crippen LogP contribution in [-0.4, -0.2) is 25.9 Å². The van der Waals surface area contributed by atoms with E-state index in [0.29, 0.717) is 13.2 Å². The van der Waals surface area contributed by atoms with Gasteiger partial charge in [0.2, 0.25) is 0 Å². The molecular weight excluding hydrogens is 234 g/mol. The Balaban J connectivity index is 2.55. The summed E-state index contributed by atoms with van der Waals surface area (Å²) in [6.45, 7) is 8.13. The second-order valence-electron chi connectivity index (χ2n) is 4.01. The maximum absolute atomic E-state index is 6.11. The van der Waals surface area contributed by atoms with Gasteiger partial charge in [0, 0.05) is 22.4 Å². The van der Waals surface area contributed by atoms with Crippen molar-refractivity contribution < 1.29 is 9.47 Å². The van der Waals surface area contributed by atoms with E-state index in [4.69, 9.17) is 15.2 Å². The molecule has 0 saturated carbocycles. The highest BCUT2D eigenvalue weighted by Gasteiger charge is 2.20. The summed E-state index contributed by atoms with van der Waals surface area (Å²) in [7, 11) is 0. The minimum Gasteiger partial charge on any atom is -0.379 e. The van der Waals surface area contributed by atoms with E-state index in [1.54, 1.807) is 11.3 Å². The van der Waals surface area contributed by atoms with Gasteiger partial charge in [-0.25, -0.2) is 0 Å². The Hall–Kier alpha value is -0.420. The topological polar surface area (TPSA) is 44.5 Å². The molecule has 0 aliphatic heterocycles. The van der Waals surface area contributed by atoms with E-state index in [1.165, 1.54) is 9.75 Å². The fourth-order valence-electron chi connectivity index (χ4n) is 1.62. The van der Waals surface area contributed by atoms with Crippen LogP contribution in [0.25, 0.3) is 0 Å². The van der Waals surface area contributed by atoms with Crippen molar-refractivity contribution in [3.8, 4) is 0 Å². The first kappa shape index (κ1) is 14.6. The van der Waals surface area contributed by atoms with Gasteiger partial charge < -0.3 is 15.2 Å². The fraction of sp³-hybridized carbons (Fsp3) is 0.692. The van der Waals surface area contributed by atoms with Crippen LogP contribution >= 0.6 is 11.3 Å². The number of rotatable bonds is 8. The molecule has 0 spiro atoms. The van der Waals surface area contributed by atoms with E-state index in [2.05, 4.69) is 26.0 Å². The molecule has 1 rings (SSSR count). The van der Waals surface area contributed by atoms with Crippen molar-refractivity contribution in [1.29, 1.82) is 0 Å². The summed E-state index contributed by atoms with van der Waals surface area (Å²) in [5.41, 5.74) is 6.11. The highest BCUT2D eigenvalue weighted by molar-refractivity contribution is 7.12. The lowest BCUT2D eigenvalue weighted by atomic mass is 10.1. The Morgan fingerprint density at radius 1 is 1.29 bits per heavy atom. The van der Waals surface area contributed by atoms with Gasteiger partial charge in [0.25, 0.3) is 0 Å². The average molecular weight is 257 g/mol. The molecule has 0 bridgehead atoms. The third-order valence-electron chi connectivity index (χ3n) is 2.63. The molecule has 0 radical (unpaired) electrons. The van der Waals surface area contributed by atoms with Crippen molar-refractivity contribution in [2.75, 3.05) is 19.8 Å². The summed E-state index contributed by atoms with van der Waals surface area (Å²) >= 11 is 1.76. The van der Waals surface area contributed by atoms with Crippen LogP contribution in [0.2, 0.25) is 0 Å². The molecule has 2 unspecified atom stereocenters. The van der Waals surface area contributed by atoms with Gasteiger partial charge in [-0.3, -0.25) is 0 Å². The normalized spacial score (nSPS) is 14.8. The molecule has 4 heteroatoms. The van der Waals surface area contributed by atoms with E-state index >= 15 is 0 Å². The van der Waals surface area contributed by atoms with E-state index in [1.807, 2.05) is 6.92 Å². The van der Waals surface area contributed by atoms with Crippen molar-refractivity contribution >= 4 is 11.3 Å². The third kappa shape index (κ3) is 4.76. The molecule has 98 valence electrons.